The zero-order valence-electron chi connectivity index (χ0n) is 16.9. The summed E-state index contributed by atoms with van der Waals surface area (Å²) in [6, 6.07) is 23.5. The Hall–Kier alpha value is -2.33. The fraction of sp³-hybridized carbons (Fsp3) is 0.240. The highest BCUT2D eigenvalue weighted by Crippen LogP contribution is 2.46. The molecule has 3 aromatic rings. The molecule has 1 heterocycles. The monoisotopic (exact) mass is 435 g/mol. The van der Waals surface area contributed by atoms with E-state index < -0.39 is 0 Å². The fourth-order valence-electron chi connectivity index (χ4n) is 4.64. The zero-order valence-corrected chi connectivity index (χ0v) is 18.4. The Kier molecular flexibility index (Phi) is 5.28. The summed E-state index contributed by atoms with van der Waals surface area (Å²) in [5.74, 6) is 0. The van der Waals surface area contributed by atoms with E-state index in [9.17, 15) is 0 Å². The third-order valence-corrected chi connectivity index (χ3v) is 6.62. The van der Waals surface area contributed by atoms with Crippen molar-refractivity contribution in [3.05, 3.63) is 93.5 Å². The van der Waals surface area contributed by atoms with Crippen LogP contribution in [0.25, 0.3) is 11.1 Å². The van der Waals surface area contributed by atoms with Gasteiger partial charge in [0.2, 0.25) is 0 Å². The molecule has 0 bridgehead atoms. The summed E-state index contributed by atoms with van der Waals surface area (Å²) >= 11 is 12.4. The quantitative estimate of drug-likeness (QED) is 0.462. The number of hydrogen-bond donors (Lipinski definition) is 0. The van der Waals surface area contributed by atoms with Crippen molar-refractivity contribution in [1.29, 1.82) is 0 Å². The molecule has 1 aliphatic carbocycles. The first-order valence-corrected chi connectivity index (χ1v) is 11.1. The van der Waals surface area contributed by atoms with Crippen LogP contribution in [0.2, 0.25) is 10.0 Å². The number of fused-ring (bicyclic) bond motifs is 3. The number of nitrogens with zero attached hydrogens (tertiary/aromatic N) is 3. The van der Waals surface area contributed by atoms with Gasteiger partial charge in [0.1, 0.15) is 0 Å². The maximum atomic E-state index is 6.36. The van der Waals surface area contributed by atoms with Gasteiger partial charge in [0.05, 0.1) is 16.8 Å². The first-order chi connectivity index (χ1) is 14.6. The van der Waals surface area contributed by atoms with Gasteiger partial charge < -0.3 is 0 Å². The van der Waals surface area contributed by atoms with Crippen LogP contribution in [-0.2, 0) is 0 Å². The van der Waals surface area contributed by atoms with E-state index in [1.807, 2.05) is 19.1 Å². The maximum absolute atomic E-state index is 6.36. The lowest BCUT2D eigenvalue weighted by atomic mass is 10.0. The standard InChI is InChI=1S/C25H23Cl2N3/c1-17(19-11-10-18(26)16-24(19)27)28-30-14-12-29(13-15-30)25-22-8-4-2-6-20(22)21-7-3-5-9-23(21)25/h2-11,16,25H,12-15H2,1H3. The second-order valence-corrected chi connectivity index (χ2v) is 8.72. The van der Waals surface area contributed by atoms with Gasteiger partial charge in [0, 0.05) is 36.8 Å². The molecule has 0 saturated carbocycles. The van der Waals surface area contributed by atoms with E-state index in [1.54, 1.807) is 6.07 Å². The number of piperazine rings is 1. The molecule has 2 aliphatic rings. The van der Waals surface area contributed by atoms with Crippen LogP contribution in [0, 0.1) is 0 Å². The molecule has 0 radical (unpaired) electrons. The Bertz CT molecular complexity index is 1070. The largest absolute Gasteiger partial charge is 0.294 e. The highest BCUT2D eigenvalue weighted by molar-refractivity contribution is 6.37. The van der Waals surface area contributed by atoms with E-state index >= 15 is 0 Å². The third-order valence-electron chi connectivity index (χ3n) is 6.07. The van der Waals surface area contributed by atoms with E-state index in [-0.39, 0.29) is 0 Å². The first kappa shape index (κ1) is 19.6. The SMILES string of the molecule is CC(=NN1CCN(C2c3ccccc3-c3ccccc32)CC1)c1ccc(Cl)cc1Cl. The molecule has 5 heteroatoms. The van der Waals surface area contributed by atoms with Gasteiger partial charge in [-0.2, -0.15) is 5.10 Å². The number of halogens is 2. The Labute approximate surface area is 187 Å². The summed E-state index contributed by atoms with van der Waals surface area (Å²) in [5.41, 5.74) is 7.42. The van der Waals surface area contributed by atoms with E-state index in [2.05, 4.69) is 58.4 Å². The lowest BCUT2D eigenvalue weighted by molar-refractivity contribution is 0.114. The number of benzene rings is 3. The van der Waals surface area contributed by atoms with Crippen molar-refractivity contribution >= 4 is 28.9 Å². The Morgan fingerprint density at radius 1 is 0.833 bits per heavy atom. The van der Waals surface area contributed by atoms with Gasteiger partial charge >= 0.3 is 0 Å². The van der Waals surface area contributed by atoms with Crippen molar-refractivity contribution in [3.8, 4) is 11.1 Å². The summed E-state index contributed by atoms with van der Waals surface area (Å²) in [7, 11) is 0. The van der Waals surface area contributed by atoms with Gasteiger partial charge in [0.15, 0.2) is 0 Å². The fourth-order valence-corrected chi connectivity index (χ4v) is 5.19. The summed E-state index contributed by atoms with van der Waals surface area (Å²) in [5, 5.41) is 8.28. The van der Waals surface area contributed by atoms with Crippen molar-refractivity contribution in [1.82, 2.24) is 9.91 Å². The number of rotatable bonds is 3. The molecule has 0 atom stereocenters. The Morgan fingerprint density at radius 3 is 2.03 bits per heavy atom. The average Bonchev–Trinajstić information content (AvgIpc) is 3.09. The van der Waals surface area contributed by atoms with Crippen molar-refractivity contribution < 1.29 is 0 Å². The molecule has 3 nitrogen and oxygen atoms in total. The van der Waals surface area contributed by atoms with Crippen LogP contribution in [-0.4, -0.2) is 41.8 Å². The van der Waals surface area contributed by atoms with Gasteiger partial charge in [0.25, 0.3) is 0 Å². The molecule has 0 unspecified atom stereocenters. The van der Waals surface area contributed by atoms with Crippen LogP contribution in [0.4, 0.5) is 0 Å². The van der Waals surface area contributed by atoms with Crippen LogP contribution in [0.15, 0.2) is 71.8 Å². The molecule has 1 saturated heterocycles. The van der Waals surface area contributed by atoms with Gasteiger partial charge in [-0.15, -0.1) is 0 Å². The summed E-state index contributed by atoms with van der Waals surface area (Å²) in [6.45, 7) is 5.73. The molecule has 152 valence electrons. The van der Waals surface area contributed by atoms with Crippen molar-refractivity contribution in [2.45, 2.75) is 13.0 Å². The molecule has 30 heavy (non-hydrogen) atoms. The molecule has 1 aliphatic heterocycles. The predicted molar refractivity (Wildman–Crippen MR) is 126 cm³/mol. The molecular formula is C25H23Cl2N3. The first-order valence-electron chi connectivity index (χ1n) is 10.3. The highest BCUT2D eigenvalue weighted by Gasteiger charge is 2.34. The Morgan fingerprint density at radius 2 is 1.43 bits per heavy atom. The second kappa shape index (κ2) is 8.07. The van der Waals surface area contributed by atoms with E-state index in [1.165, 1.54) is 22.3 Å². The maximum Gasteiger partial charge on any atom is 0.0661 e. The lowest BCUT2D eigenvalue weighted by Gasteiger charge is -2.37. The van der Waals surface area contributed by atoms with Crippen molar-refractivity contribution in [2.24, 2.45) is 5.10 Å². The summed E-state index contributed by atoms with van der Waals surface area (Å²) < 4.78 is 0. The topological polar surface area (TPSA) is 18.8 Å². The van der Waals surface area contributed by atoms with Gasteiger partial charge in [-0.05, 0) is 41.3 Å². The molecular weight excluding hydrogens is 413 g/mol. The molecule has 0 N–H and O–H groups in total. The molecule has 0 spiro atoms. The van der Waals surface area contributed by atoms with Crippen LogP contribution in [0.5, 0.6) is 0 Å². The van der Waals surface area contributed by atoms with E-state index in [0.29, 0.717) is 16.1 Å². The van der Waals surface area contributed by atoms with Crippen LogP contribution < -0.4 is 0 Å². The average molecular weight is 436 g/mol. The molecule has 0 aromatic heterocycles. The molecule has 1 fully saturated rings. The van der Waals surface area contributed by atoms with Crippen LogP contribution in [0.1, 0.15) is 29.7 Å². The van der Waals surface area contributed by atoms with Gasteiger partial charge in [-0.25, -0.2) is 0 Å². The minimum Gasteiger partial charge on any atom is -0.294 e. The van der Waals surface area contributed by atoms with E-state index in [0.717, 1.165) is 37.5 Å². The normalized spacial score (nSPS) is 17.2. The highest BCUT2D eigenvalue weighted by atomic mass is 35.5. The van der Waals surface area contributed by atoms with Crippen LogP contribution in [0.3, 0.4) is 0 Å². The van der Waals surface area contributed by atoms with Crippen molar-refractivity contribution in [3.63, 3.8) is 0 Å². The molecule has 0 amide bonds. The minimum atomic E-state index is 0.329. The van der Waals surface area contributed by atoms with Gasteiger partial charge in [-0.3, -0.25) is 9.91 Å². The lowest BCUT2D eigenvalue weighted by Crippen LogP contribution is -2.45. The third kappa shape index (κ3) is 3.51. The summed E-state index contributed by atoms with van der Waals surface area (Å²) in [4.78, 5) is 2.58. The zero-order chi connectivity index (χ0) is 20.7. The second-order valence-electron chi connectivity index (χ2n) is 7.88. The molecule has 5 rings (SSSR count). The minimum absolute atomic E-state index is 0.329. The summed E-state index contributed by atoms with van der Waals surface area (Å²) in [6.07, 6.45) is 0. The number of hydrogen-bond acceptors (Lipinski definition) is 3. The molecule has 3 aromatic carbocycles. The Balaban J connectivity index is 1.34. The van der Waals surface area contributed by atoms with Gasteiger partial charge in [-0.1, -0.05) is 77.8 Å². The smallest absolute Gasteiger partial charge is 0.0661 e. The predicted octanol–water partition coefficient (Wildman–Crippen LogP) is 6.11. The van der Waals surface area contributed by atoms with E-state index in [4.69, 9.17) is 28.3 Å². The van der Waals surface area contributed by atoms with Crippen molar-refractivity contribution in [2.75, 3.05) is 26.2 Å². The van der Waals surface area contributed by atoms with Crippen LogP contribution >= 0.6 is 23.2 Å². The number of hydrazone groups is 1.